The van der Waals surface area contributed by atoms with E-state index in [0.29, 0.717) is 33.6 Å². The number of methoxy groups -OCH3 is 1. The van der Waals surface area contributed by atoms with Crippen LogP contribution in [-0.2, 0) is 5.41 Å². The SMILES string of the molecule is CCC(C)Oc1ccc(C(C)(C)C)cc1NC(=O)c1nnn(-c2cc(Cl)ccc2OC)c1C. The third kappa shape index (κ3) is 5.47. The van der Waals surface area contributed by atoms with Gasteiger partial charge in [0, 0.05) is 5.02 Å². The lowest BCUT2D eigenvalue weighted by Gasteiger charge is -2.23. The van der Waals surface area contributed by atoms with Crippen molar-refractivity contribution < 1.29 is 14.3 Å². The van der Waals surface area contributed by atoms with Gasteiger partial charge >= 0.3 is 0 Å². The molecule has 0 aliphatic rings. The molecule has 0 aliphatic carbocycles. The van der Waals surface area contributed by atoms with Crippen molar-refractivity contribution in [2.24, 2.45) is 0 Å². The zero-order chi connectivity index (χ0) is 24.3. The van der Waals surface area contributed by atoms with Gasteiger partial charge < -0.3 is 14.8 Å². The van der Waals surface area contributed by atoms with Gasteiger partial charge in [-0.15, -0.1) is 5.10 Å². The summed E-state index contributed by atoms with van der Waals surface area (Å²) < 4.78 is 13.0. The zero-order valence-electron chi connectivity index (χ0n) is 20.2. The number of amides is 1. The lowest BCUT2D eigenvalue weighted by molar-refractivity contribution is 0.102. The maximum absolute atomic E-state index is 13.2. The van der Waals surface area contributed by atoms with Crippen molar-refractivity contribution in [1.29, 1.82) is 0 Å². The lowest BCUT2D eigenvalue weighted by Crippen LogP contribution is -2.18. The Bertz CT molecular complexity index is 1150. The predicted molar refractivity (Wildman–Crippen MR) is 131 cm³/mol. The van der Waals surface area contributed by atoms with Crippen LogP contribution in [0.3, 0.4) is 0 Å². The van der Waals surface area contributed by atoms with Gasteiger partial charge in [-0.1, -0.05) is 50.6 Å². The first kappa shape index (κ1) is 24.6. The zero-order valence-corrected chi connectivity index (χ0v) is 20.9. The first-order valence-corrected chi connectivity index (χ1v) is 11.3. The van der Waals surface area contributed by atoms with Crippen LogP contribution in [0.25, 0.3) is 5.69 Å². The van der Waals surface area contributed by atoms with E-state index < -0.39 is 0 Å². The van der Waals surface area contributed by atoms with E-state index in [9.17, 15) is 4.79 Å². The molecule has 0 radical (unpaired) electrons. The second-order valence-electron chi connectivity index (χ2n) is 9.00. The molecule has 0 saturated heterocycles. The number of nitrogens with zero attached hydrogens (tertiary/aromatic N) is 3. The van der Waals surface area contributed by atoms with Gasteiger partial charge in [-0.3, -0.25) is 4.79 Å². The predicted octanol–water partition coefficient (Wildman–Crippen LogP) is 5.96. The summed E-state index contributed by atoms with van der Waals surface area (Å²) in [6, 6.07) is 11.1. The van der Waals surface area contributed by atoms with Crippen LogP contribution < -0.4 is 14.8 Å². The summed E-state index contributed by atoms with van der Waals surface area (Å²) in [7, 11) is 1.56. The third-order valence-electron chi connectivity index (χ3n) is 5.48. The minimum Gasteiger partial charge on any atom is -0.494 e. The van der Waals surface area contributed by atoms with Crippen molar-refractivity contribution in [2.75, 3.05) is 12.4 Å². The number of ether oxygens (including phenoxy) is 2. The molecule has 3 aromatic rings. The molecule has 0 aliphatic heterocycles. The van der Waals surface area contributed by atoms with Gasteiger partial charge in [0.2, 0.25) is 0 Å². The Morgan fingerprint density at radius 1 is 1.18 bits per heavy atom. The van der Waals surface area contributed by atoms with Crippen molar-refractivity contribution in [3.05, 3.63) is 58.4 Å². The van der Waals surface area contributed by atoms with E-state index in [2.05, 4.69) is 43.3 Å². The number of aromatic nitrogens is 3. The Balaban J connectivity index is 1.97. The molecule has 3 rings (SSSR count). The molecule has 8 heteroatoms. The molecule has 7 nitrogen and oxygen atoms in total. The van der Waals surface area contributed by atoms with Crippen molar-refractivity contribution in [3.63, 3.8) is 0 Å². The average molecular weight is 471 g/mol. The Kier molecular flexibility index (Phi) is 7.32. The molecule has 0 spiro atoms. The van der Waals surface area contributed by atoms with Crippen LogP contribution in [0, 0.1) is 6.92 Å². The van der Waals surface area contributed by atoms with Gasteiger partial charge in [0.05, 0.1) is 24.6 Å². The van der Waals surface area contributed by atoms with Crippen molar-refractivity contribution in [1.82, 2.24) is 15.0 Å². The van der Waals surface area contributed by atoms with Gasteiger partial charge in [-0.05, 0) is 61.6 Å². The number of hydrogen-bond acceptors (Lipinski definition) is 5. The minimum absolute atomic E-state index is 0.0130. The first-order chi connectivity index (χ1) is 15.5. The molecule has 2 aromatic carbocycles. The topological polar surface area (TPSA) is 78.3 Å². The van der Waals surface area contributed by atoms with Crippen LogP contribution in [0.2, 0.25) is 5.02 Å². The highest BCUT2D eigenvalue weighted by molar-refractivity contribution is 6.30. The monoisotopic (exact) mass is 470 g/mol. The summed E-state index contributed by atoms with van der Waals surface area (Å²) in [4.78, 5) is 13.2. The second kappa shape index (κ2) is 9.83. The van der Waals surface area contributed by atoms with Crippen LogP contribution >= 0.6 is 11.6 Å². The van der Waals surface area contributed by atoms with Crippen LogP contribution in [0.15, 0.2) is 36.4 Å². The maximum atomic E-state index is 13.2. The van der Waals surface area contributed by atoms with Crippen LogP contribution in [-0.4, -0.2) is 34.1 Å². The molecule has 176 valence electrons. The van der Waals surface area contributed by atoms with Gasteiger partial charge in [0.1, 0.15) is 17.2 Å². The van der Waals surface area contributed by atoms with Crippen molar-refractivity contribution in [2.45, 2.75) is 59.5 Å². The van der Waals surface area contributed by atoms with Gasteiger partial charge in [0.25, 0.3) is 5.91 Å². The van der Waals surface area contributed by atoms with Gasteiger partial charge in [0.15, 0.2) is 5.69 Å². The first-order valence-electron chi connectivity index (χ1n) is 10.9. The normalized spacial score (nSPS) is 12.4. The molecule has 1 aromatic heterocycles. The van der Waals surface area contributed by atoms with E-state index in [-0.39, 0.29) is 23.1 Å². The molecule has 0 fully saturated rings. The third-order valence-corrected chi connectivity index (χ3v) is 5.71. The molecule has 1 amide bonds. The fraction of sp³-hybridized carbons (Fsp3) is 0.400. The average Bonchev–Trinajstić information content (AvgIpc) is 3.15. The Labute approximate surface area is 200 Å². The molecule has 1 unspecified atom stereocenters. The molecular weight excluding hydrogens is 440 g/mol. The van der Waals surface area contributed by atoms with E-state index in [4.69, 9.17) is 21.1 Å². The largest absolute Gasteiger partial charge is 0.494 e. The Morgan fingerprint density at radius 3 is 2.52 bits per heavy atom. The standard InChI is InChI=1S/C25H31ClN4O3/c1-8-15(2)33-21-11-9-17(25(4,5)6)13-19(21)27-24(31)23-16(3)30(29-28-23)20-14-18(26)10-12-22(20)32-7/h9-15H,8H2,1-7H3,(H,27,31). The summed E-state index contributed by atoms with van der Waals surface area (Å²) in [6.07, 6.45) is 0.864. The summed E-state index contributed by atoms with van der Waals surface area (Å²) >= 11 is 6.16. The highest BCUT2D eigenvalue weighted by atomic mass is 35.5. The minimum atomic E-state index is -0.375. The van der Waals surface area contributed by atoms with E-state index in [1.54, 1.807) is 36.9 Å². The Hall–Kier alpha value is -3.06. The van der Waals surface area contributed by atoms with Crippen LogP contribution in [0.1, 0.15) is 62.8 Å². The fourth-order valence-electron chi connectivity index (χ4n) is 3.27. The van der Waals surface area contributed by atoms with Crippen molar-refractivity contribution in [3.8, 4) is 17.2 Å². The number of carbonyl (C=O) groups excluding carboxylic acids is 1. The Morgan fingerprint density at radius 2 is 1.88 bits per heavy atom. The molecule has 1 heterocycles. The van der Waals surface area contributed by atoms with E-state index in [1.807, 2.05) is 25.1 Å². The van der Waals surface area contributed by atoms with Gasteiger partial charge in [-0.2, -0.15) is 0 Å². The second-order valence-corrected chi connectivity index (χ2v) is 9.44. The molecular formula is C25H31ClN4O3. The number of anilines is 1. The number of carbonyl (C=O) groups is 1. The van der Waals surface area contributed by atoms with Crippen LogP contribution in [0.5, 0.6) is 11.5 Å². The lowest BCUT2D eigenvalue weighted by atomic mass is 9.87. The molecule has 1 N–H and O–H groups in total. The summed E-state index contributed by atoms with van der Waals surface area (Å²) in [5.74, 6) is 0.813. The highest BCUT2D eigenvalue weighted by Crippen LogP contribution is 2.33. The maximum Gasteiger partial charge on any atom is 0.278 e. The van der Waals surface area contributed by atoms with E-state index in [1.165, 1.54) is 0 Å². The van der Waals surface area contributed by atoms with E-state index >= 15 is 0 Å². The van der Waals surface area contributed by atoms with Crippen molar-refractivity contribution >= 4 is 23.2 Å². The molecule has 0 saturated carbocycles. The number of nitrogens with one attached hydrogen (secondary N) is 1. The number of hydrogen-bond donors (Lipinski definition) is 1. The summed E-state index contributed by atoms with van der Waals surface area (Å²) in [5.41, 5.74) is 2.96. The molecule has 0 bridgehead atoms. The fourth-order valence-corrected chi connectivity index (χ4v) is 3.44. The summed E-state index contributed by atoms with van der Waals surface area (Å²) in [5, 5.41) is 11.8. The number of halogens is 1. The molecule has 33 heavy (non-hydrogen) atoms. The number of benzene rings is 2. The highest BCUT2D eigenvalue weighted by Gasteiger charge is 2.22. The smallest absolute Gasteiger partial charge is 0.278 e. The van der Waals surface area contributed by atoms with Gasteiger partial charge in [-0.25, -0.2) is 4.68 Å². The van der Waals surface area contributed by atoms with Crippen LogP contribution in [0.4, 0.5) is 5.69 Å². The van der Waals surface area contributed by atoms with E-state index in [0.717, 1.165) is 12.0 Å². The number of rotatable bonds is 7. The summed E-state index contributed by atoms with van der Waals surface area (Å²) in [6.45, 7) is 12.2. The quantitative estimate of drug-likeness (QED) is 0.460. The molecule has 1 atom stereocenters.